The Morgan fingerprint density at radius 1 is 1.06 bits per heavy atom. The third-order valence-electron chi connectivity index (χ3n) is 5.36. The van der Waals surface area contributed by atoms with Crippen molar-refractivity contribution in [2.24, 2.45) is 0 Å². The van der Waals surface area contributed by atoms with E-state index in [2.05, 4.69) is 41.5 Å². The first-order valence-electron chi connectivity index (χ1n) is 10.2. The molecule has 2 aromatic heterocycles. The van der Waals surface area contributed by atoms with E-state index in [0.29, 0.717) is 22.8 Å². The number of hydrogen-bond donors (Lipinski definition) is 1. The quantitative estimate of drug-likeness (QED) is 0.334. The monoisotopic (exact) mass is 432 g/mol. The predicted octanol–water partition coefficient (Wildman–Crippen LogP) is 5.21. The maximum Gasteiger partial charge on any atom is 0.237 e. The molecule has 4 aromatic rings. The number of pyridine rings is 1. The van der Waals surface area contributed by atoms with Crippen molar-refractivity contribution >= 4 is 45.7 Å². The van der Waals surface area contributed by atoms with Gasteiger partial charge in [0.2, 0.25) is 5.91 Å². The minimum Gasteiger partial charge on any atom is -0.325 e. The Morgan fingerprint density at radius 3 is 2.48 bits per heavy atom. The molecule has 2 heterocycles. The number of ketones is 1. The lowest BCUT2D eigenvalue weighted by Crippen LogP contribution is -2.24. The number of aromatic nitrogens is 3. The third kappa shape index (κ3) is 4.05. The van der Waals surface area contributed by atoms with Crippen molar-refractivity contribution in [3.05, 3.63) is 65.2 Å². The molecule has 0 fully saturated rings. The molecule has 0 saturated heterocycles. The van der Waals surface area contributed by atoms with Crippen LogP contribution in [-0.4, -0.2) is 31.5 Å². The average Bonchev–Trinajstić information content (AvgIpc) is 3.14. The topological polar surface area (TPSA) is 76.4 Å². The molecular weight excluding hydrogens is 408 g/mol. The van der Waals surface area contributed by atoms with E-state index in [4.69, 9.17) is 0 Å². The standard InChI is InChI=1S/C24H24N4O2S/c1-5-20(23(30)25-18-11-9-17(10-12-18)16(4)29)31-24-27-26-21-13-15(3)19-8-6-7-14(2)22(19)28(21)24/h6-13,20H,5H2,1-4H3,(H,25,30). The summed E-state index contributed by atoms with van der Waals surface area (Å²) in [6.45, 7) is 7.65. The highest BCUT2D eigenvalue weighted by Gasteiger charge is 2.22. The van der Waals surface area contributed by atoms with E-state index >= 15 is 0 Å². The van der Waals surface area contributed by atoms with E-state index in [1.54, 1.807) is 24.3 Å². The molecular formula is C24H24N4O2S. The lowest BCUT2D eigenvalue weighted by atomic mass is 10.1. The molecule has 0 aliphatic rings. The molecule has 2 aromatic carbocycles. The smallest absolute Gasteiger partial charge is 0.237 e. The van der Waals surface area contributed by atoms with Crippen molar-refractivity contribution in [1.82, 2.24) is 14.6 Å². The molecule has 1 atom stereocenters. The van der Waals surface area contributed by atoms with Gasteiger partial charge < -0.3 is 5.32 Å². The normalized spacial score (nSPS) is 12.3. The molecule has 7 heteroatoms. The summed E-state index contributed by atoms with van der Waals surface area (Å²) < 4.78 is 2.04. The number of nitrogens with zero attached hydrogens (tertiary/aromatic N) is 3. The van der Waals surface area contributed by atoms with Crippen molar-refractivity contribution in [3.63, 3.8) is 0 Å². The second-order valence-electron chi connectivity index (χ2n) is 7.61. The van der Waals surface area contributed by atoms with Gasteiger partial charge in [0.15, 0.2) is 16.6 Å². The SMILES string of the molecule is CCC(Sc1nnc2cc(C)c3cccc(C)c3n12)C(=O)Nc1ccc(C(C)=O)cc1. The van der Waals surface area contributed by atoms with Gasteiger partial charge in [-0.05, 0) is 68.7 Å². The zero-order valence-electron chi connectivity index (χ0n) is 18.0. The first-order valence-corrected chi connectivity index (χ1v) is 11.1. The maximum atomic E-state index is 13.0. The van der Waals surface area contributed by atoms with E-state index < -0.39 is 0 Å². The Kier molecular flexibility index (Phi) is 5.78. The van der Waals surface area contributed by atoms with Crippen molar-refractivity contribution in [2.45, 2.75) is 44.5 Å². The van der Waals surface area contributed by atoms with E-state index in [9.17, 15) is 9.59 Å². The van der Waals surface area contributed by atoms with Crippen LogP contribution in [0.5, 0.6) is 0 Å². The Hall–Kier alpha value is -3.19. The molecule has 4 rings (SSSR count). The lowest BCUT2D eigenvalue weighted by molar-refractivity contribution is -0.115. The van der Waals surface area contributed by atoms with Crippen LogP contribution in [0.2, 0.25) is 0 Å². The molecule has 158 valence electrons. The summed E-state index contributed by atoms with van der Waals surface area (Å²) in [7, 11) is 0. The van der Waals surface area contributed by atoms with Crippen molar-refractivity contribution in [2.75, 3.05) is 5.32 Å². The van der Waals surface area contributed by atoms with E-state index in [1.165, 1.54) is 18.7 Å². The Morgan fingerprint density at radius 2 is 1.81 bits per heavy atom. The zero-order chi connectivity index (χ0) is 22.1. The van der Waals surface area contributed by atoms with Crippen LogP contribution in [0.4, 0.5) is 5.69 Å². The van der Waals surface area contributed by atoms with Gasteiger partial charge in [-0.2, -0.15) is 0 Å². The van der Waals surface area contributed by atoms with Gasteiger partial charge in [-0.25, -0.2) is 0 Å². The third-order valence-corrected chi connectivity index (χ3v) is 6.67. The van der Waals surface area contributed by atoms with Gasteiger partial charge in [0, 0.05) is 16.6 Å². The minimum atomic E-state index is -0.333. The van der Waals surface area contributed by atoms with Crippen molar-refractivity contribution < 1.29 is 9.59 Å². The van der Waals surface area contributed by atoms with E-state index in [-0.39, 0.29) is 16.9 Å². The largest absolute Gasteiger partial charge is 0.325 e. The zero-order valence-corrected chi connectivity index (χ0v) is 18.8. The average molecular weight is 433 g/mol. The van der Waals surface area contributed by atoms with Gasteiger partial charge >= 0.3 is 0 Å². The molecule has 1 amide bonds. The van der Waals surface area contributed by atoms with Gasteiger partial charge in [-0.1, -0.05) is 36.9 Å². The summed E-state index contributed by atoms with van der Waals surface area (Å²) in [5.74, 6) is -0.107. The van der Waals surface area contributed by atoms with Gasteiger partial charge in [-0.3, -0.25) is 14.0 Å². The van der Waals surface area contributed by atoms with Gasteiger partial charge in [0.25, 0.3) is 0 Å². The predicted molar refractivity (Wildman–Crippen MR) is 125 cm³/mol. The van der Waals surface area contributed by atoms with Crippen LogP contribution in [0, 0.1) is 13.8 Å². The first kappa shape index (κ1) is 21.1. The molecule has 1 unspecified atom stereocenters. The maximum absolute atomic E-state index is 13.0. The van der Waals surface area contributed by atoms with Gasteiger partial charge in [-0.15, -0.1) is 10.2 Å². The highest BCUT2D eigenvalue weighted by atomic mass is 32.2. The Labute approximate surface area is 185 Å². The van der Waals surface area contributed by atoms with Crippen LogP contribution in [0.1, 0.15) is 41.8 Å². The number of aryl methyl sites for hydroxylation is 2. The molecule has 31 heavy (non-hydrogen) atoms. The summed E-state index contributed by atoms with van der Waals surface area (Å²) in [4.78, 5) is 24.4. The number of Topliss-reactive ketones (excluding diaryl/α,β-unsaturated/α-hetero) is 1. The molecule has 0 saturated carbocycles. The number of carbonyl (C=O) groups is 2. The fourth-order valence-electron chi connectivity index (χ4n) is 3.67. The number of carbonyl (C=O) groups excluding carboxylic acids is 2. The fourth-order valence-corrected chi connectivity index (χ4v) is 4.63. The van der Waals surface area contributed by atoms with Crippen LogP contribution in [-0.2, 0) is 4.79 Å². The molecule has 0 radical (unpaired) electrons. The molecule has 0 aliphatic carbocycles. The van der Waals surface area contributed by atoms with Crippen LogP contribution in [0.15, 0.2) is 53.7 Å². The summed E-state index contributed by atoms with van der Waals surface area (Å²) in [6.07, 6.45) is 0.639. The summed E-state index contributed by atoms with van der Waals surface area (Å²) in [6, 6.07) is 15.2. The van der Waals surface area contributed by atoms with E-state index in [1.807, 2.05) is 23.5 Å². The molecule has 0 spiro atoms. The Balaban J connectivity index is 1.64. The fraction of sp³-hybridized carbons (Fsp3) is 0.250. The van der Waals surface area contributed by atoms with E-state index in [0.717, 1.165) is 27.7 Å². The lowest BCUT2D eigenvalue weighted by Gasteiger charge is -2.15. The summed E-state index contributed by atoms with van der Waals surface area (Å²) in [5.41, 5.74) is 5.41. The minimum absolute atomic E-state index is 0.00342. The second-order valence-corrected chi connectivity index (χ2v) is 8.78. The molecule has 0 bridgehead atoms. The highest BCUT2D eigenvalue weighted by molar-refractivity contribution is 8.00. The first-order chi connectivity index (χ1) is 14.9. The molecule has 0 aliphatic heterocycles. The highest BCUT2D eigenvalue weighted by Crippen LogP contribution is 2.31. The number of fused-ring (bicyclic) bond motifs is 3. The molecule has 1 N–H and O–H groups in total. The van der Waals surface area contributed by atoms with Crippen LogP contribution in [0.3, 0.4) is 0 Å². The second kappa shape index (κ2) is 8.51. The number of hydrogen-bond acceptors (Lipinski definition) is 5. The number of thioether (sulfide) groups is 1. The Bertz CT molecular complexity index is 1290. The van der Waals surface area contributed by atoms with Crippen LogP contribution < -0.4 is 5.32 Å². The number of rotatable bonds is 6. The summed E-state index contributed by atoms with van der Waals surface area (Å²) >= 11 is 1.41. The molecule has 6 nitrogen and oxygen atoms in total. The van der Waals surface area contributed by atoms with Crippen LogP contribution >= 0.6 is 11.8 Å². The number of benzene rings is 2. The number of anilines is 1. The van der Waals surface area contributed by atoms with Gasteiger partial charge in [0.1, 0.15) is 0 Å². The van der Waals surface area contributed by atoms with Crippen molar-refractivity contribution in [1.29, 1.82) is 0 Å². The van der Waals surface area contributed by atoms with Gasteiger partial charge in [0.05, 0.1) is 10.8 Å². The van der Waals surface area contributed by atoms with Crippen LogP contribution in [0.25, 0.3) is 16.6 Å². The number of para-hydroxylation sites is 1. The summed E-state index contributed by atoms with van der Waals surface area (Å²) in [5, 5.41) is 13.2. The number of amides is 1. The van der Waals surface area contributed by atoms with Crippen molar-refractivity contribution in [3.8, 4) is 0 Å². The number of nitrogens with one attached hydrogen (secondary N) is 1.